The summed E-state index contributed by atoms with van der Waals surface area (Å²) in [5, 5.41) is 3.39. The number of rotatable bonds is 4. The molecule has 0 radical (unpaired) electrons. The van der Waals surface area contributed by atoms with Crippen molar-refractivity contribution in [1.82, 2.24) is 0 Å². The van der Waals surface area contributed by atoms with Gasteiger partial charge in [0.25, 0.3) is 5.91 Å². The van der Waals surface area contributed by atoms with Gasteiger partial charge in [0.15, 0.2) is 6.54 Å². The van der Waals surface area contributed by atoms with Crippen LogP contribution < -0.4 is 15.1 Å². The monoisotopic (exact) mass is 348 g/mol. The van der Waals surface area contributed by atoms with Gasteiger partial charge < -0.3 is 15.1 Å². The second-order valence-corrected chi connectivity index (χ2v) is 6.30. The summed E-state index contributed by atoms with van der Waals surface area (Å²) in [7, 11) is 0. The van der Waals surface area contributed by atoms with Crippen LogP contribution in [0, 0.1) is 5.82 Å². The number of halogens is 2. The van der Waals surface area contributed by atoms with Crippen molar-refractivity contribution >= 4 is 28.9 Å². The van der Waals surface area contributed by atoms with Crippen molar-refractivity contribution in [2.45, 2.75) is 0 Å². The number of hydrogen-bond donors (Lipinski definition) is 2. The molecule has 0 atom stereocenters. The van der Waals surface area contributed by atoms with Crippen molar-refractivity contribution in [3.63, 3.8) is 0 Å². The summed E-state index contributed by atoms with van der Waals surface area (Å²) in [4.78, 5) is 15.5. The summed E-state index contributed by atoms with van der Waals surface area (Å²) in [5.74, 6) is -0.578. The van der Waals surface area contributed by atoms with E-state index in [0.717, 1.165) is 36.9 Å². The molecule has 1 saturated heterocycles. The van der Waals surface area contributed by atoms with Gasteiger partial charge in [-0.3, -0.25) is 4.79 Å². The van der Waals surface area contributed by atoms with Crippen molar-refractivity contribution in [3.05, 3.63) is 59.4 Å². The zero-order chi connectivity index (χ0) is 16.9. The van der Waals surface area contributed by atoms with Gasteiger partial charge in [0.1, 0.15) is 5.82 Å². The summed E-state index contributed by atoms with van der Waals surface area (Å²) in [6.07, 6.45) is 0. The van der Waals surface area contributed by atoms with Gasteiger partial charge in [-0.05, 0) is 24.3 Å². The van der Waals surface area contributed by atoms with E-state index in [9.17, 15) is 9.18 Å². The van der Waals surface area contributed by atoms with Crippen LogP contribution in [0.2, 0.25) is 5.02 Å². The van der Waals surface area contributed by atoms with E-state index < -0.39 is 5.82 Å². The number of anilines is 2. The molecule has 2 N–H and O–H groups in total. The number of amides is 1. The lowest BCUT2D eigenvalue weighted by Crippen LogP contribution is -3.15. The van der Waals surface area contributed by atoms with Crippen molar-refractivity contribution in [3.8, 4) is 0 Å². The van der Waals surface area contributed by atoms with E-state index in [2.05, 4.69) is 10.2 Å². The highest BCUT2D eigenvalue weighted by atomic mass is 35.5. The first-order valence-electron chi connectivity index (χ1n) is 8.01. The van der Waals surface area contributed by atoms with Gasteiger partial charge in [-0.25, -0.2) is 4.39 Å². The lowest BCUT2D eigenvalue weighted by molar-refractivity contribution is -0.892. The molecule has 0 spiro atoms. The van der Waals surface area contributed by atoms with Gasteiger partial charge in [0.2, 0.25) is 0 Å². The molecule has 0 saturated carbocycles. The van der Waals surface area contributed by atoms with Crippen LogP contribution in [-0.2, 0) is 4.79 Å². The largest absolute Gasteiger partial charge is 0.359 e. The highest BCUT2D eigenvalue weighted by molar-refractivity contribution is 6.33. The van der Waals surface area contributed by atoms with Crippen LogP contribution in [0.15, 0.2) is 48.5 Å². The van der Waals surface area contributed by atoms with Crippen LogP contribution in [0.5, 0.6) is 0 Å². The Hall–Kier alpha value is -2.11. The van der Waals surface area contributed by atoms with Gasteiger partial charge in [-0.2, -0.15) is 0 Å². The summed E-state index contributed by atoms with van der Waals surface area (Å²) >= 11 is 6.24. The lowest BCUT2D eigenvalue weighted by atomic mass is 10.2. The van der Waals surface area contributed by atoms with Crippen molar-refractivity contribution in [2.75, 3.05) is 42.9 Å². The van der Waals surface area contributed by atoms with E-state index in [1.165, 1.54) is 11.0 Å². The maximum Gasteiger partial charge on any atom is 0.279 e. The minimum absolute atomic E-state index is 0.165. The molecule has 0 aromatic heterocycles. The van der Waals surface area contributed by atoms with Gasteiger partial charge in [-0.1, -0.05) is 35.9 Å². The molecule has 3 rings (SSSR count). The molecule has 1 aliphatic rings. The van der Waals surface area contributed by atoms with Crippen LogP contribution in [-0.4, -0.2) is 38.6 Å². The molecule has 2 aromatic rings. The highest BCUT2D eigenvalue weighted by Crippen LogP contribution is 2.24. The van der Waals surface area contributed by atoms with Crippen LogP contribution in [0.4, 0.5) is 15.8 Å². The summed E-state index contributed by atoms with van der Waals surface area (Å²) < 4.78 is 13.6. The first-order chi connectivity index (χ1) is 11.6. The zero-order valence-electron chi connectivity index (χ0n) is 13.3. The van der Waals surface area contributed by atoms with Crippen LogP contribution in [0.3, 0.4) is 0 Å². The number of para-hydroxylation sites is 2. The van der Waals surface area contributed by atoms with E-state index in [1.807, 2.05) is 24.3 Å². The summed E-state index contributed by atoms with van der Waals surface area (Å²) in [5.41, 5.74) is 1.27. The zero-order valence-corrected chi connectivity index (χ0v) is 14.0. The maximum atomic E-state index is 13.6. The Bertz CT molecular complexity index is 717. The molecular weight excluding hydrogens is 329 g/mol. The predicted octanol–water partition coefficient (Wildman–Crippen LogP) is 1.82. The smallest absolute Gasteiger partial charge is 0.279 e. The van der Waals surface area contributed by atoms with Gasteiger partial charge >= 0.3 is 0 Å². The third kappa shape index (κ3) is 4.04. The van der Waals surface area contributed by atoms with E-state index in [0.29, 0.717) is 6.54 Å². The summed E-state index contributed by atoms with van der Waals surface area (Å²) in [6.45, 7) is 3.70. The SMILES string of the molecule is O=C(C[NH+]1CCN(c2ccccc2Cl)CC1)Nc1ccccc1F. The molecule has 6 heteroatoms. The fraction of sp³-hybridized carbons (Fsp3) is 0.278. The minimum atomic E-state index is -0.413. The predicted molar refractivity (Wildman–Crippen MR) is 94.3 cm³/mol. The normalized spacial score (nSPS) is 15.3. The van der Waals surface area contributed by atoms with E-state index in [-0.39, 0.29) is 11.6 Å². The van der Waals surface area contributed by atoms with Crippen molar-refractivity contribution in [2.24, 2.45) is 0 Å². The Balaban J connectivity index is 1.51. The molecule has 1 aliphatic heterocycles. The third-order valence-corrected chi connectivity index (χ3v) is 4.54. The average molecular weight is 349 g/mol. The molecule has 0 aliphatic carbocycles. The molecular formula is C18H20ClFN3O+. The number of carbonyl (C=O) groups excluding carboxylic acids is 1. The Morgan fingerprint density at radius 3 is 2.50 bits per heavy atom. The number of nitrogens with zero attached hydrogens (tertiary/aromatic N) is 1. The van der Waals surface area contributed by atoms with Gasteiger partial charge in [-0.15, -0.1) is 0 Å². The molecule has 126 valence electrons. The average Bonchev–Trinajstić information content (AvgIpc) is 2.58. The molecule has 1 fully saturated rings. The molecule has 1 amide bonds. The van der Waals surface area contributed by atoms with Crippen LogP contribution in [0.25, 0.3) is 0 Å². The quantitative estimate of drug-likeness (QED) is 0.884. The number of piperazine rings is 1. The fourth-order valence-corrected chi connectivity index (χ4v) is 3.19. The molecule has 1 heterocycles. The third-order valence-electron chi connectivity index (χ3n) is 4.22. The number of nitrogens with one attached hydrogen (secondary N) is 2. The number of carbonyl (C=O) groups is 1. The lowest BCUT2D eigenvalue weighted by Gasteiger charge is -2.33. The Kier molecular flexibility index (Phi) is 5.33. The van der Waals surface area contributed by atoms with E-state index in [4.69, 9.17) is 11.6 Å². The number of benzene rings is 2. The molecule has 24 heavy (non-hydrogen) atoms. The Morgan fingerprint density at radius 2 is 1.79 bits per heavy atom. The molecule has 4 nitrogen and oxygen atoms in total. The maximum absolute atomic E-state index is 13.6. The number of quaternary nitrogens is 1. The van der Waals surface area contributed by atoms with Gasteiger partial charge in [0, 0.05) is 0 Å². The second kappa shape index (κ2) is 7.64. The Labute approximate surface area is 145 Å². The molecule has 0 unspecified atom stereocenters. The van der Waals surface area contributed by atoms with Crippen molar-refractivity contribution < 1.29 is 14.1 Å². The minimum Gasteiger partial charge on any atom is -0.359 e. The second-order valence-electron chi connectivity index (χ2n) is 5.89. The van der Waals surface area contributed by atoms with Crippen molar-refractivity contribution in [1.29, 1.82) is 0 Å². The van der Waals surface area contributed by atoms with E-state index >= 15 is 0 Å². The van der Waals surface area contributed by atoms with Crippen LogP contribution in [0.1, 0.15) is 0 Å². The van der Waals surface area contributed by atoms with E-state index in [1.54, 1.807) is 18.2 Å². The highest BCUT2D eigenvalue weighted by Gasteiger charge is 2.23. The standard InChI is InChI=1S/C18H19ClFN3O/c19-14-5-1-4-8-17(14)23-11-9-22(10-12-23)13-18(24)21-16-7-3-2-6-15(16)20/h1-8H,9-13H2,(H,21,24)/p+1. The first kappa shape index (κ1) is 16.7. The van der Waals surface area contributed by atoms with Crippen LogP contribution >= 0.6 is 11.6 Å². The van der Waals surface area contributed by atoms with Gasteiger partial charge in [0.05, 0.1) is 42.6 Å². The fourth-order valence-electron chi connectivity index (χ4n) is 2.93. The number of hydrogen-bond acceptors (Lipinski definition) is 2. The first-order valence-corrected chi connectivity index (χ1v) is 8.39. The molecule has 2 aromatic carbocycles. The Morgan fingerprint density at radius 1 is 1.12 bits per heavy atom. The molecule has 0 bridgehead atoms. The topological polar surface area (TPSA) is 36.8 Å². The summed E-state index contributed by atoms with van der Waals surface area (Å²) in [6, 6.07) is 14.0.